The maximum Gasteiger partial charge on any atom is 0.101 e. The Morgan fingerprint density at radius 3 is 2.84 bits per heavy atom. The molecule has 3 N–H and O–H groups in total. The molecule has 0 unspecified atom stereocenters. The van der Waals surface area contributed by atoms with E-state index in [1.807, 2.05) is 12.1 Å². The minimum absolute atomic E-state index is 0.429. The van der Waals surface area contributed by atoms with Gasteiger partial charge in [-0.1, -0.05) is 25.3 Å². The van der Waals surface area contributed by atoms with E-state index in [9.17, 15) is 0 Å². The molecule has 0 spiro atoms. The van der Waals surface area contributed by atoms with Gasteiger partial charge in [0.15, 0.2) is 0 Å². The summed E-state index contributed by atoms with van der Waals surface area (Å²) < 4.78 is 5.83. The van der Waals surface area contributed by atoms with Crippen molar-refractivity contribution in [3.63, 3.8) is 0 Å². The predicted octanol–water partition coefficient (Wildman–Crippen LogP) is 2.90. The molecule has 0 radical (unpaired) electrons. The van der Waals surface area contributed by atoms with Crippen molar-refractivity contribution >= 4 is 11.4 Å². The predicted molar refractivity (Wildman–Crippen MR) is 76.9 cm³/mol. The van der Waals surface area contributed by atoms with Gasteiger partial charge in [0.1, 0.15) is 6.07 Å². The molecule has 19 heavy (non-hydrogen) atoms. The molecule has 0 amide bonds. The molecule has 0 saturated heterocycles. The number of benzene rings is 1. The number of nitrogens with zero attached hydrogens (tertiary/aromatic N) is 1. The van der Waals surface area contributed by atoms with Gasteiger partial charge in [0, 0.05) is 6.54 Å². The lowest BCUT2D eigenvalue weighted by Gasteiger charge is -2.22. The Morgan fingerprint density at radius 1 is 1.32 bits per heavy atom. The Kier molecular flexibility index (Phi) is 5.05. The molecule has 1 saturated carbocycles. The summed E-state index contributed by atoms with van der Waals surface area (Å²) in [5.74, 6) is 0. The minimum atomic E-state index is 0.429. The molecular weight excluding hydrogens is 238 g/mol. The van der Waals surface area contributed by atoms with E-state index >= 15 is 0 Å². The Morgan fingerprint density at radius 2 is 2.11 bits per heavy atom. The van der Waals surface area contributed by atoms with Crippen LogP contribution in [0.3, 0.4) is 0 Å². The fourth-order valence-corrected chi connectivity index (χ4v) is 2.46. The van der Waals surface area contributed by atoms with Crippen LogP contribution in [0.4, 0.5) is 11.4 Å². The number of rotatable bonds is 5. The van der Waals surface area contributed by atoms with Gasteiger partial charge in [0.25, 0.3) is 0 Å². The van der Waals surface area contributed by atoms with E-state index in [4.69, 9.17) is 15.7 Å². The lowest BCUT2D eigenvalue weighted by molar-refractivity contribution is 0.0347. The topological polar surface area (TPSA) is 71.1 Å². The summed E-state index contributed by atoms with van der Waals surface area (Å²) in [5, 5.41) is 12.1. The highest BCUT2D eigenvalue weighted by Crippen LogP contribution is 2.22. The highest BCUT2D eigenvalue weighted by Gasteiger charge is 2.13. The van der Waals surface area contributed by atoms with Gasteiger partial charge in [0.05, 0.1) is 29.6 Å². The van der Waals surface area contributed by atoms with Gasteiger partial charge in [-0.15, -0.1) is 0 Å². The molecule has 2 rings (SSSR count). The second-order valence-electron chi connectivity index (χ2n) is 4.94. The molecule has 1 fully saturated rings. The van der Waals surface area contributed by atoms with Gasteiger partial charge in [-0.3, -0.25) is 0 Å². The number of ether oxygens (including phenoxy) is 1. The molecule has 4 nitrogen and oxygen atoms in total. The molecule has 0 aromatic heterocycles. The van der Waals surface area contributed by atoms with E-state index in [1.165, 1.54) is 32.1 Å². The number of nitriles is 1. The Hall–Kier alpha value is -1.73. The molecule has 1 aromatic carbocycles. The van der Waals surface area contributed by atoms with Gasteiger partial charge in [0.2, 0.25) is 0 Å². The minimum Gasteiger partial charge on any atom is -0.396 e. The van der Waals surface area contributed by atoms with Crippen LogP contribution in [0.1, 0.15) is 37.7 Å². The van der Waals surface area contributed by atoms with Gasteiger partial charge in [-0.05, 0) is 25.0 Å². The first-order valence-electron chi connectivity index (χ1n) is 6.95. The number of nitrogens with two attached hydrogens (primary N) is 1. The van der Waals surface area contributed by atoms with Gasteiger partial charge < -0.3 is 15.8 Å². The molecule has 1 aliphatic rings. The molecule has 0 atom stereocenters. The fraction of sp³-hybridized carbons (Fsp3) is 0.533. The SMILES string of the molecule is N#Cc1cccc(NCCOC2CCCCC2)c1N. The summed E-state index contributed by atoms with van der Waals surface area (Å²) in [6, 6.07) is 7.52. The number of hydrogen-bond donors (Lipinski definition) is 2. The fourth-order valence-electron chi connectivity index (χ4n) is 2.46. The molecule has 102 valence electrons. The summed E-state index contributed by atoms with van der Waals surface area (Å²) in [6.45, 7) is 1.40. The van der Waals surface area contributed by atoms with E-state index in [-0.39, 0.29) is 0 Å². The van der Waals surface area contributed by atoms with Crippen molar-refractivity contribution in [3.05, 3.63) is 23.8 Å². The second-order valence-corrected chi connectivity index (χ2v) is 4.94. The average molecular weight is 259 g/mol. The summed E-state index contributed by atoms with van der Waals surface area (Å²) >= 11 is 0. The van der Waals surface area contributed by atoms with Crippen LogP contribution >= 0.6 is 0 Å². The quantitative estimate of drug-likeness (QED) is 0.630. The third-order valence-corrected chi connectivity index (χ3v) is 3.55. The van der Waals surface area contributed by atoms with Crippen molar-refractivity contribution in [1.82, 2.24) is 0 Å². The maximum atomic E-state index is 8.90. The zero-order valence-corrected chi connectivity index (χ0v) is 11.2. The molecule has 1 aromatic rings. The monoisotopic (exact) mass is 259 g/mol. The zero-order valence-electron chi connectivity index (χ0n) is 11.2. The summed E-state index contributed by atoms with van der Waals surface area (Å²) in [7, 11) is 0. The number of para-hydroxylation sites is 1. The normalized spacial score (nSPS) is 15.9. The first kappa shape index (κ1) is 13.7. The van der Waals surface area contributed by atoms with Gasteiger partial charge >= 0.3 is 0 Å². The first-order valence-corrected chi connectivity index (χ1v) is 6.95. The van der Waals surface area contributed by atoms with Crippen LogP contribution in [0.2, 0.25) is 0 Å². The van der Waals surface area contributed by atoms with Crippen molar-refractivity contribution in [2.45, 2.75) is 38.2 Å². The van der Waals surface area contributed by atoms with Crippen molar-refractivity contribution in [2.75, 3.05) is 24.2 Å². The lowest BCUT2D eigenvalue weighted by Crippen LogP contribution is -2.20. The van der Waals surface area contributed by atoms with E-state index in [1.54, 1.807) is 6.07 Å². The third kappa shape index (κ3) is 3.87. The van der Waals surface area contributed by atoms with E-state index in [2.05, 4.69) is 11.4 Å². The van der Waals surface area contributed by atoms with Crippen LogP contribution in [0.25, 0.3) is 0 Å². The molecule has 1 aliphatic carbocycles. The Bertz CT molecular complexity index is 447. The highest BCUT2D eigenvalue weighted by atomic mass is 16.5. The highest BCUT2D eigenvalue weighted by molar-refractivity contribution is 5.72. The Labute approximate surface area is 114 Å². The summed E-state index contributed by atoms with van der Waals surface area (Å²) in [5.41, 5.74) is 7.73. The summed E-state index contributed by atoms with van der Waals surface area (Å²) in [6.07, 6.45) is 6.72. The number of nitrogens with one attached hydrogen (secondary N) is 1. The molecular formula is C15H21N3O. The third-order valence-electron chi connectivity index (χ3n) is 3.55. The molecule has 0 aliphatic heterocycles. The van der Waals surface area contributed by atoms with E-state index in [0.29, 0.717) is 24.0 Å². The van der Waals surface area contributed by atoms with E-state index < -0.39 is 0 Å². The van der Waals surface area contributed by atoms with Crippen molar-refractivity contribution < 1.29 is 4.74 Å². The molecule has 0 heterocycles. The number of anilines is 2. The summed E-state index contributed by atoms with van der Waals surface area (Å²) in [4.78, 5) is 0. The standard InChI is InChI=1S/C15H21N3O/c16-11-12-5-4-8-14(15(12)17)18-9-10-19-13-6-2-1-3-7-13/h4-5,8,13,18H,1-3,6-7,9-10,17H2. The van der Waals surface area contributed by atoms with Crippen LogP contribution in [0, 0.1) is 11.3 Å². The van der Waals surface area contributed by atoms with Crippen molar-refractivity contribution in [2.24, 2.45) is 0 Å². The van der Waals surface area contributed by atoms with Crippen LogP contribution < -0.4 is 11.1 Å². The average Bonchev–Trinajstić information content (AvgIpc) is 2.46. The van der Waals surface area contributed by atoms with E-state index in [0.717, 1.165) is 12.2 Å². The zero-order chi connectivity index (χ0) is 13.5. The van der Waals surface area contributed by atoms with Crippen LogP contribution in [-0.2, 0) is 4.74 Å². The number of nitrogen functional groups attached to an aromatic ring is 1. The lowest BCUT2D eigenvalue weighted by atomic mass is 9.98. The van der Waals surface area contributed by atoms with Crippen LogP contribution in [0.15, 0.2) is 18.2 Å². The number of hydrogen-bond acceptors (Lipinski definition) is 4. The largest absolute Gasteiger partial charge is 0.396 e. The van der Waals surface area contributed by atoms with Gasteiger partial charge in [-0.25, -0.2) is 0 Å². The molecule has 4 heteroatoms. The van der Waals surface area contributed by atoms with Gasteiger partial charge in [-0.2, -0.15) is 5.26 Å². The maximum absolute atomic E-state index is 8.90. The first-order chi connectivity index (χ1) is 9.31. The Balaban J connectivity index is 1.75. The van der Waals surface area contributed by atoms with Crippen molar-refractivity contribution in [1.29, 1.82) is 5.26 Å². The smallest absolute Gasteiger partial charge is 0.101 e. The van der Waals surface area contributed by atoms with Crippen LogP contribution in [0.5, 0.6) is 0 Å². The molecule has 0 bridgehead atoms. The van der Waals surface area contributed by atoms with Crippen molar-refractivity contribution in [3.8, 4) is 6.07 Å². The second kappa shape index (κ2) is 7.01. The van der Waals surface area contributed by atoms with Crippen LogP contribution in [-0.4, -0.2) is 19.3 Å².